The minimum atomic E-state index is -1.04. The number of hydrogen-bond donors (Lipinski definition) is 1. The van der Waals surface area contributed by atoms with Crippen LogP contribution in [0.25, 0.3) is 16.6 Å². The summed E-state index contributed by atoms with van der Waals surface area (Å²) in [5, 5.41) is 10.4. The average Bonchev–Trinajstić information content (AvgIpc) is 3.05. The molecule has 1 N–H and O–H groups in total. The molecular formula is C24H25ClN2O4. The maximum atomic E-state index is 13.4. The molecule has 0 saturated carbocycles. The van der Waals surface area contributed by atoms with Crippen LogP contribution in [0.5, 0.6) is 5.75 Å². The summed E-state index contributed by atoms with van der Waals surface area (Å²) in [4.78, 5) is 26.5. The summed E-state index contributed by atoms with van der Waals surface area (Å²) in [5.41, 5.74) is 3.21. The summed E-state index contributed by atoms with van der Waals surface area (Å²) >= 11 is 6.07. The number of Topliss-reactive ketones (excluding diaryl/α,β-unsaturated/α-hetero) is 1. The van der Waals surface area contributed by atoms with Crippen LogP contribution in [-0.2, 0) is 4.79 Å². The maximum absolute atomic E-state index is 13.4. The fourth-order valence-corrected chi connectivity index (χ4v) is 4.43. The van der Waals surface area contributed by atoms with Crippen molar-refractivity contribution < 1.29 is 19.4 Å². The lowest BCUT2D eigenvalue weighted by Gasteiger charge is -2.25. The molecule has 1 aliphatic heterocycles. The highest BCUT2D eigenvalue weighted by atomic mass is 35.5. The molecule has 0 spiro atoms. The Morgan fingerprint density at radius 1 is 1.06 bits per heavy atom. The van der Waals surface area contributed by atoms with Crippen molar-refractivity contribution >= 4 is 34.3 Å². The first-order valence-corrected chi connectivity index (χ1v) is 10.8. The second-order valence-corrected chi connectivity index (χ2v) is 8.33. The van der Waals surface area contributed by atoms with Crippen molar-refractivity contribution in [2.45, 2.75) is 26.2 Å². The summed E-state index contributed by atoms with van der Waals surface area (Å²) in [6.45, 7) is 3.82. The number of ketones is 1. The lowest BCUT2D eigenvalue weighted by atomic mass is 10.0. The van der Waals surface area contributed by atoms with E-state index >= 15 is 0 Å². The largest absolute Gasteiger partial charge is 0.482 e. The smallest absolute Gasteiger partial charge is 0.341 e. The first-order chi connectivity index (χ1) is 14.9. The number of carbonyl (C=O) groups is 2. The van der Waals surface area contributed by atoms with E-state index in [1.54, 1.807) is 12.1 Å². The number of fused-ring (bicyclic) bond motifs is 1. The molecule has 1 saturated heterocycles. The molecule has 0 amide bonds. The molecule has 1 aliphatic rings. The molecule has 1 aromatic heterocycles. The molecule has 0 bridgehead atoms. The van der Waals surface area contributed by atoms with E-state index in [4.69, 9.17) is 21.4 Å². The van der Waals surface area contributed by atoms with Crippen LogP contribution in [-0.4, -0.2) is 52.6 Å². The number of halogens is 1. The highest BCUT2D eigenvalue weighted by Gasteiger charge is 2.23. The standard InChI is InChI=1S/C24H25ClN2O4/c1-16-24(22(28)14-26-11-3-2-4-12-26)20-10-9-19(31-15-23(29)30)13-21(20)27(16)18-7-5-17(25)6-8-18/h5-10,13H,2-4,11-12,14-15H2,1H3,(H,29,30). The number of rotatable bonds is 7. The third-order valence-corrected chi connectivity index (χ3v) is 5.97. The molecule has 0 radical (unpaired) electrons. The van der Waals surface area contributed by atoms with Crippen LogP contribution in [0.1, 0.15) is 35.3 Å². The van der Waals surface area contributed by atoms with Crippen molar-refractivity contribution in [2.75, 3.05) is 26.2 Å². The van der Waals surface area contributed by atoms with Crippen molar-refractivity contribution in [1.29, 1.82) is 0 Å². The second kappa shape index (κ2) is 9.12. The average molecular weight is 441 g/mol. The number of hydrogen-bond acceptors (Lipinski definition) is 4. The number of ether oxygens (including phenoxy) is 1. The molecule has 0 aliphatic carbocycles. The van der Waals surface area contributed by atoms with Crippen LogP contribution in [0.4, 0.5) is 0 Å². The topological polar surface area (TPSA) is 71.8 Å². The first-order valence-electron chi connectivity index (χ1n) is 10.4. The molecule has 6 nitrogen and oxygen atoms in total. The monoisotopic (exact) mass is 440 g/mol. The van der Waals surface area contributed by atoms with Gasteiger partial charge < -0.3 is 14.4 Å². The number of benzene rings is 2. The van der Waals surface area contributed by atoms with E-state index in [0.717, 1.165) is 48.2 Å². The molecule has 0 unspecified atom stereocenters. The predicted molar refractivity (Wildman–Crippen MR) is 121 cm³/mol. The minimum Gasteiger partial charge on any atom is -0.482 e. The summed E-state index contributed by atoms with van der Waals surface area (Å²) in [6, 6.07) is 12.8. The molecule has 3 aromatic rings. The lowest BCUT2D eigenvalue weighted by Crippen LogP contribution is -2.34. The van der Waals surface area contributed by atoms with E-state index in [9.17, 15) is 9.59 Å². The molecule has 1 fully saturated rings. The Morgan fingerprint density at radius 3 is 2.45 bits per heavy atom. The van der Waals surface area contributed by atoms with E-state index in [1.165, 1.54) is 6.42 Å². The van der Waals surface area contributed by atoms with Crippen LogP contribution < -0.4 is 4.74 Å². The number of nitrogens with zero attached hydrogens (tertiary/aromatic N) is 2. The van der Waals surface area contributed by atoms with Gasteiger partial charge >= 0.3 is 5.97 Å². The van der Waals surface area contributed by atoms with Gasteiger partial charge in [-0.05, 0) is 69.3 Å². The molecule has 7 heteroatoms. The molecule has 2 aromatic carbocycles. The van der Waals surface area contributed by atoms with Gasteiger partial charge in [-0.15, -0.1) is 0 Å². The number of aliphatic carboxylic acids is 1. The highest BCUT2D eigenvalue weighted by Crippen LogP contribution is 2.33. The second-order valence-electron chi connectivity index (χ2n) is 7.89. The number of carbonyl (C=O) groups excluding carboxylic acids is 1. The summed E-state index contributed by atoms with van der Waals surface area (Å²) in [6.07, 6.45) is 3.48. The van der Waals surface area contributed by atoms with E-state index in [-0.39, 0.29) is 5.78 Å². The molecule has 0 atom stereocenters. The van der Waals surface area contributed by atoms with Crippen LogP contribution in [0.15, 0.2) is 42.5 Å². The summed E-state index contributed by atoms with van der Waals surface area (Å²) in [5.74, 6) is -0.504. The van der Waals surface area contributed by atoms with Gasteiger partial charge in [0.05, 0.1) is 12.1 Å². The summed E-state index contributed by atoms with van der Waals surface area (Å²) in [7, 11) is 0. The van der Waals surface area contributed by atoms with Gasteiger partial charge in [0.1, 0.15) is 5.75 Å². The van der Waals surface area contributed by atoms with Crippen molar-refractivity contribution in [3.05, 3.63) is 58.7 Å². The van der Waals surface area contributed by atoms with Crippen molar-refractivity contribution in [3.8, 4) is 11.4 Å². The molecular weight excluding hydrogens is 416 g/mol. The van der Waals surface area contributed by atoms with Gasteiger partial charge in [-0.1, -0.05) is 18.0 Å². The zero-order valence-corrected chi connectivity index (χ0v) is 18.2. The lowest BCUT2D eigenvalue weighted by molar-refractivity contribution is -0.139. The van der Waals surface area contributed by atoms with Crippen LogP contribution >= 0.6 is 11.6 Å². The number of carboxylic acids is 1. The number of piperidine rings is 1. The number of aromatic nitrogens is 1. The van der Waals surface area contributed by atoms with Gasteiger partial charge in [0.15, 0.2) is 12.4 Å². The Bertz CT molecular complexity index is 1110. The normalized spacial score (nSPS) is 14.6. The van der Waals surface area contributed by atoms with Gasteiger partial charge in [-0.2, -0.15) is 0 Å². The van der Waals surface area contributed by atoms with Gasteiger partial charge in [-0.3, -0.25) is 9.69 Å². The van der Waals surface area contributed by atoms with Crippen molar-refractivity contribution in [3.63, 3.8) is 0 Å². The fourth-order valence-electron chi connectivity index (χ4n) is 4.30. The fraction of sp³-hybridized carbons (Fsp3) is 0.333. The van der Waals surface area contributed by atoms with Gasteiger partial charge in [0.25, 0.3) is 0 Å². The zero-order chi connectivity index (χ0) is 22.0. The molecule has 4 rings (SSSR count). The van der Waals surface area contributed by atoms with E-state index in [1.807, 2.05) is 41.8 Å². The van der Waals surface area contributed by atoms with E-state index in [2.05, 4.69) is 4.90 Å². The first kappa shape index (κ1) is 21.4. The molecule has 31 heavy (non-hydrogen) atoms. The van der Waals surface area contributed by atoms with E-state index < -0.39 is 12.6 Å². The van der Waals surface area contributed by atoms with E-state index in [0.29, 0.717) is 22.9 Å². The van der Waals surface area contributed by atoms with Gasteiger partial charge in [0.2, 0.25) is 0 Å². The number of carboxylic acid groups (broad SMARTS) is 1. The Hall–Kier alpha value is -2.83. The SMILES string of the molecule is Cc1c(C(=O)CN2CCCCC2)c2ccc(OCC(=O)O)cc2n1-c1ccc(Cl)cc1. The Kier molecular flexibility index (Phi) is 6.30. The third kappa shape index (κ3) is 4.60. The molecule has 162 valence electrons. The van der Waals surface area contributed by atoms with Crippen molar-refractivity contribution in [2.24, 2.45) is 0 Å². The zero-order valence-electron chi connectivity index (χ0n) is 17.4. The Balaban J connectivity index is 1.79. The number of likely N-dealkylation sites (tertiary alicyclic amines) is 1. The van der Waals surface area contributed by atoms with Gasteiger partial charge in [-0.25, -0.2) is 4.79 Å². The highest BCUT2D eigenvalue weighted by molar-refractivity contribution is 6.30. The third-order valence-electron chi connectivity index (χ3n) is 5.72. The van der Waals surface area contributed by atoms with Gasteiger partial charge in [0, 0.05) is 33.4 Å². The summed E-state index contributed by atoms with van der Waals surface area (Å²) < 4.78 is 7.39. The quantitative estimate of drug-likeness (QED) is 0.538. The Morgan fingerprint density at radius 2 is 1.77 bits per heavy atom. The predicted octanol–water partition coefficient (Wildman–Crippen LogP) is 4.72. The van der Waals surface area contributed by atoms with Crippen LogP contribution in [0.3, 0.4) is 0 Å². The van der Waals surface area contributed by atoms with Crippen molar-refractivity contribution in [1.82, 2.24) is 9.47 Å². The van der Waals surface area contributed by atoms with Crippen LogP contribution in [0.2, 0.25) is 5.02 Å². The maximum Gasteiger partial charge on any atom is 0.341 e. The van der Waals surface area contributed by atoms with Crippen LogP contribution in [0, 0.1) is 6.92 Å². The molecule has 2 heterocycles. The Labute approximate surface area is 186 Å². The minimum absolute atomic E-state index is 0.0938.